The molecule has 19 heavy (non-hydrogen) atoms. The van der Waals surface area contributed by atoms with Crippen LogP contribution in [0.1, 0.15) is 10.4 Å². The molecular weight excluding hydrogens is 279 g/mol. The van der Waals surface area contributed by atoms with Gasteiger partial charge < -0.3 is 9.84 Å². The summed E-state index contributed by atoms with van der Waals surface area (Å²) in [5.41, 5.74) is -0.265. The predicted octanol–water partition coefficient (Wildman–Crippen LogP) is 2.68. The van der Waals surface area contributed by atoms with E-state index < -0.39 is 16.7 Å². The number of nitro groups is 1. The molecule has 0 saturated carbocycles. The summed E-state index contributed by atoms with van der Waals surface area (Å²) in [6.45, 7) is 0. The summed E-state index contributed by atoms with van der Waals surface area (Å²) in [4.78, 5) is 24.3. The molecule has 9 heteroatoms. The van der Waals surface area contributed by atoms with Gasteiger partial charge >= 0.3 is 11.0 Å². The van der Waals surface area contributed by atoms with Crippen molar-refractivity contribution < 1.29 is 24.0 Å². The molecule has 0 radical (unpaired) electrons. The van der Waals surface area contributed by atoms with E-state index in [0.29, 0.717) is 11.3 Å². The number of aromatic carboxylic acids is 1. The van der Waals surface area contributed by atoms with Crippen molar-refractivity contribution in [2.45, 2.75) is 0 Å². The fourth-order valence-corrected chi connectivity index (χ4v) is 1.83. The Morgan fingerprint density at radius 3 is 2.84 bits per heavy atom. The number of benzene rings is 1. The molecule has 0 amide bonds. The second kappa shape index (κ2) is 4.98. The Hall–Kier alpha value is -2.55. The molecule has 0 aliphatic heterocycles. The molecular formula is C10H5FN2O5S. The van der Waals surface area contributed by atoms with Crippen molar-refractivity contribution in [3.05, 3.63) is 45.9 Å². The summed E-state index contributed by atoms with van der Waals surface area (Å²) in [7, 11) is 0. The topological polar surface area (TPSA) is 103 Å². The Balaban J connectivity index is 2.33. The Kier molecular flexibility index (Phi) is 3.38. The van der Waals surface area contributed by atoms with Crippen molar-refractivity contribution in [1.29, 1.82) is 0 Å². The summed E-state index contributed by atoms with van der Waals surface area (Å²) in [6, 6.07) is 2.88. The maximum absolute atomic E-state index is 13.0. The number of halogens is 1. The van der Waals surface area contributed by atoms with E-state index in [4.69, 9.17) is 9.84 Å². The first kappa shape index (κ1) is 12.9. The molecule has 0 aliphatic carbocycles. The lowest BCUT2D eigenvalue weighted by atomic mass is 10.2. The van der Waals surface area contributed by atoms with Crippen LogP contribution in [-0.4, -0.2) is 21.0 Å². The molecule has 2 rings (SSSR count). The SMILES string of the molecule is O=C(O)c1ccc(F)cc1Oc1ncc([N+](=O)[O-])s1. The zero-order chi connectivity index (χ0) is 14.0. The van der Waals surface area contributed by atoms with Crippen LogP contribution in [0.15, 0.2) is 24.4 Å². The van der Waals surface area contributed by atoms with Gasteiger partial charge in [0.05, 0.1) is 4.92 Å². The van der Waals surface area contributed by atoms with Crippen LogP contribution < -0.4 is 4.74 Å². The highest BCUT2D eigenvalue weighted by molar-refractivity contribution is 7.16. The highest BCUT2D eigenvalue weighted by Gasteiger charge is 2.17. The Bertz CT molecular complexity index is 657. The summed E-state index contributed by atoms with van der Waals surface area (Å²) >= 11 is 0.614. The summed E-state index contributed by atoms with van der Waals surface area (Å²) in [5, 5.41) is 19.0. The van der Waals surface area contributed by atoms with Gasteiger partial charge in [0.2, 0.25) is 0 Å². The lowest BCUT2D eigenvalue weighted by Gasteiger charge is -2.05. The number of rotatable bonds is 4. The highest BCUT2D eigenvalue weighted by atomic mass is 32.1. The first-order valence-corrected chi connectivity index (χ1v) is 5.60. The van der Waals surface area contributed by atoms with Gasteiger partial charge in [0.25, 0.3) is 5.19 Å². The number of carboxylic acid groups (broad SMARTS) is 1. The van der Waals surface area contributed by atoms with Gasteiger partial charge in [-0.25, -0.2) is 14.2 Å². The number of thiazole rings is 1. The monoisotopic (exact) mass is 284 g/mol. The molecule has 1 aromatic heterocycles. The van der Waals surface area contributed by atoms with Gasteiger partial charge in [-0.1, -0.05) is 0 Å². The van der Waals surface area contributed by atoms with Crippen molar-refractivity contribution in [1.82, 2.24) is 4.98 Å². The average Bonchev–Trinajstić information content (AvgIpc) is 2.77. The van der Waals surface area contributed by atoms with E-state index in [1.807, 2.05) is 0 Å². The van der Waals surface area contributed by atoms with Crippen LogP contribution in [-0.2, 0) is 0 Å². The van der Waals surface area contributed by atoms with Crippen molar-refractivity contribution in [3.8, 4) is 10.9 Å². The molecule has 0 fully saturated rings. The molecule has 1 heterocycles. The number of aromatic nitrogens is 1. The van der Waals surface area contributed by atoms with E-state index in [1.54, 1.807) is 0 Å². The highest BCUT2D eigenvalue weighted by Crippen LogP contribution is 2.32. The molecule has 1 N–H and O–H groups in total. The number of hydrogen-bond acceptors (Lipinski definition) is 6. The molecule has 0 bridgehead atoms. The number of ether oxygens (including phenoxy) is 1. The summed E-state index contributed by atoms with van der Waals surface area (Å²) in [6.07, 6.45) is 0.972. The largest absolute Gasteiger partial charge is 0.478 e. The van der Waals surface area contributed by atoms with Crippen LogP contribution in [0.3, 0.4) is 0 Å². The summed E-state index contributed by atoms with van der Waals surface area (Å²) < 4.78 is 18.1. The normalized spacial score (nSPS) is 10.2. The predicted molar refractivity (Wildman–Crippen MR) is 62.2 cm³/mol. The first-order valence-electron chi connectivity index (χ1n) is 4.78. The third kappa shape index (κ3) is 2.83. The standard InChI is InChI=1S/C10H5FN2O5S/c11-5-1-2-6(9(14)15)7(3-5)18-10-12-4-8(19-10)13(16)17/h1-4H,(H,14,15). The molecule has 0 aliphatic rings. The van der Waals surface area contributed by atoms with E-state index in [1.165, 1.54) is 0 Å². The number of carboxylic acids is 1. The van der Waals surface area contributed by atoms with E-state index in [2.05, 4.69) is 4.98 Å². The van der Waals surface area contributed by atoms with E-state index in [-0.39, 0.29) is 21.5 Å². The lowest BCUT2D eigenvalue weighted by molar-refractivity contribution is -0.380. The smallest absolute Gasteiger partial charge is 0.347 e. The molecule has 98 valence electrons. The van der Waals surface area contributed by atoms with Gasteiger partial charge in [-0.3, -0.25) is 10.1 Å². The van der Waals surface area contributed by atoms with Gasteiger partial charge in [0.15, 0.2) is 0 Å². The number of nitrogens with zero attached hydrogens (tertiary/aromatic N) is 2. The van der Waals surface area contributed by atoms with Gasteiger partial charge in [0.1, 0.15) is 23.3 Å². The minimum Gasteiger partial charge on any atom is -0.478 e. The zero-order valence-electron chi connectivity index (χ0n) is 9.07. The van der Waals surface area contributed by atoms with Crippen molar-refractivity contribution >= 4 is 22.3 Å². The minimum atomic E-state index is -1.30. The second-order valence-corrected chi connectivity index (χ2v) is 4.24. The number of carbonyl (C=O) groups is 1. The Morgan fingerprint density at radius 2 is 2.26 bits per heavy atom. The van der Waals surface area contributed by atoms with E-state index in [0.717, 1.165) is 24.4 Å². The molecule has 7 nitrogen and oxygen atoms in total. The lowest BCUT2D eigenvalue weighted by Crippen LogP contribution is -2.00. The minimum absolute atomic E-state index is 0.139. The first-order chi connectivity index (χ1) is 8.97. The van der Waals surface area contributed by atoms with Crippen LogP contribution in [0.5, 0.6) is 10.9 Å². The third-order valence-corrected chi connectivity index (χ3v) is 2.85. The Morgan fingerprint density at radius 1 is 1.53 bits per heavy atom. The quantitative estimate of drug-likeness (QED) is 0.684. The fourth-order valence-electron chi connectivity index (χ4n) is 1.23. The summed E-state index contributed by atoms with van der Waals surface area (Å²) in [5.74, 6) is -2.26. The van der Waals surface area contributed by atoms with Crippen LogP contribution in [0, 0.1) is 15.9 Å². The fraction of sp³-hybridized carbons (Fsp3) is 0. The van der Waals surface area contributed by atoms with Crippen molar-refractivity contribution in [2.75, 3.05) is 0 Å². The molecule has 2 aromatic rings. The number of hydrogen-bond donors (Lipinski definition) is 1. The second-order valence-electron chi connectivity index (χ2n) is 3.27. The Labute approximate surface area is 109 Å². The van der Waals surface area contributed by atoms with Crippen molar-refractivity contribution in [2.24, 2.45) is 0 Å². The van der Waals surface area contributed by atoms with Gasteiger partial charge in [-0.05, 0) is 23.5 Å². The van der Waals surface area contributed by atoms with Gasteiger partial charge in [-0.15, -0.1) is 0 Å². The average molecular weight is 284 g/mol. The van der Waals surface area contributed by atoms with Crippen LogP contribution >= 0.6 is 11.3 Å². The van der Waals surface area contributed by atoms with E-state index in [9.17, 15) is 19.3 Å². The maximum Gasteiger partial charge on any atom is 0.347 e. The van der Waals surface area contributed by atoms with E-state index >= 15 is 0 Å². The van der Waals surface area contributed by atoms with Crippen LogP contribution in [0.25, 0.3) is 0 Å². The molecule has 0 atom stereocenters. The maximum atomic E-state index is 13.0. The molecule has 0 spiro atoms. The van der Waals surface area contributed by atoms with Gasteiger partial charge in [0, 0.05) is 6.07 Å². The van der Waals surface area contributed by atoms with Crippen molar-refractivity contribution in [3.63, 3.8) is 0 Å². The zero-order valence-corrected chi connectivity index (χ0v) is 9.89. The van der Waals surface area contributed by atoms with Crippen LogP contribution in [0.2, 0.25) is 0 Å². The van der Waals surface area contributed by atoms with Gasteiger partial charge in [-0.2, -0.15) is 0 Å². The third-order valence-electron chi connectivity index (χ3n) is 2.02. The molecule has 0 saturated heterocycles. The molecule has 1 aromatic carbocycles. The molecule has 0 unspecified atom stereocenters. The van der Waals surface area contributed by atoms with Crippen LogP contribution in [0.4, 0.5) is 9.39 Å².